The Bertz CT molecular complexity index is 702. The molecule has 156 valence electrons. The molecule has 0 bridgehead atoms. The first-order valence-electron chi connectivity index (χ1n) is 8.97. The maximum atomic E-state index is 13.5. The number of hydrogen-bond donors (Lipinski definition) is 1. The number of amides is 2. The SMILES string of the molecule is CC(C)(C)OC(=O)N1CCCC(C(=O)N[C@@H](c2ccc(Br)cc2)C(F)(F)F)C1. The molecule has 2 amide bonds. The zero-order valence-electron chi connectivity index (χ0n) is 16.0. The van der Waals surface area contributed by atoms with E-state index >= 15 is 0 Å². The molecule has 2 rings (SSSR count). The van der Waals surface area contributed by atoms with Gasteiger partial charge < -0.3 is 15.0 Å². The molecule has 1 aliphatic rings. The molecule has 0 radical (unpaired) electrons. The molecule has 1 aromatic carbocycles. The number of ether oxygens (including phenoxy) is 1. The van der Waals surface area contributed by atoms with Gasteiger partial charge >= 0.3 is 12.3 Å². The van der Waals surface area contributed by atoms with Gasteiger partial charge in [0.2, 0.25) is 5.91 Å². The Balaban J connectivity index is 2.08. The van der Waals surface area contributed by atoms with Crippen LogP contribution in [0.4, 0.5) is 18.0 Å². The van der Waals surface area contributed by atoms with Crippen molar-refractivity contribution in [2.24, 2.45) is 5.92 Å². The van der Waals surface area contributed by atoms with Crippen LogP contribution in [0, 0.1) is 5.92 Å². The molecule has 1 unspecified atom stereocenters. The van der Waals surface area contributed by atoms with Crippen molar-refractivity contribution in [3.8, 4) is 0 Å². The minimum Gasteiger partial charge on any atom is -0.444 e. The van der Waals surface area contributed by atoms with Crippen molar-refractivity contribution in [1.82, 2.24) is 10.2 Å². The van der Waals surface area contributed by atoms with Crippen molar-refractivity contribution < 1.29 is 27.5 Å². The second-order valence-electron chi connectivity index (χ2n) is 7.80. The lowest BCUT2D eigenvalue weighted by atomic mass is 9.96. The molecule has 0 spiro atoms. The van der Waals surface area contributed by atoms with Crippen molar-refractivity contribution >= 4 is 27.9 Å². The summed E-state index contributed by atoms with van der Waals surface area (Å²) in [5.74, 6) is -1.44. The van der Waals surface area contributed by atoms with Gasteiger partial charge in [-0.1, -0.05) is 28.1 Å². The summed E-state index contributed by atoms with van der Waals surface area (Å²) in [6.45, 7) is 5.63. The van der Waals surface area contributed by atoms with Crippen LogP contribution in [0.3, 0.4) is 0 Å². The molecule has 0 aliphatic carbocycles. The highest BCUT2D eigenvalue weighted by molar-refractivity contribution is 9.10. The van der Waals surface area contributed by atoms with E-state index in [1.807, 2.05) is 0 Å². The zero-order valence-corrected chi connectivity index (χ0v) is 17.6. The van der Waals surface area contributed by atoms with Crippen LogP contribution in [0.1, 0.15) is 45.2 Å². The number of halogens is 4. The fourth-order valence-electron chi connectivity index (χ4n) is 2.95. The number of rotatable bonds is 3. The Labute approximate surface area is 170 Å². The summed E-state index contributed by atoms with van der Waals surface area (Å²) < 4.78 is 46.5. The van der Waals surface area contributed by atoms with Gasteiger partial charge in [0.1, 0.15) is 5.60 Å². The van der Waals surface area contributed by atoms with Crippen LogP contribution in [0.5, 0.6) is 0 Å². The molecule has 5 nitrogen and oxygen atoms in total. The predicted molar refractivity (Wildman–Crippen MR) is 102 cm³/mol. The van der Waals surface area contributed by atoms with E-state index in [0.717, 1.165) is 0 Å². The topological polar surface area (TPSA) is 58.6 Å². The van der Waals surface area contributed by atoms with Crippen molar-refractivity contribution in [3.05, 3.63) is 34.3 Å². The Hall–Kier alpha value is -1.77. The van der Waals surface area contributed by atoms with Crippen LogP contribution in [0.15, 0.2) is 28.7 Å². The molecular weight excluding hydrogens is 441 g/mol. The van der Waals surface area contributed by atoms with E-state index < -0.39 is 35.7 Å². The number of benzene rings is 1. The number of nitrogens with one attached hydrogen (secondary N) is 1. The first-order chi connectivity index (χ1) is 12.9. The van der Waals surface area contributed by atoms with Gasteiger partial charge in [-0.25, -0.2) is 4.79 Å². The molecule has 1 heterocycles. The number of alkyl halides is 3. The average Bonchev–Trinajstić information content (AvgIpc) is 2.58. The summed E-state index contributed by atoms with van der Waals surface area (Å²) in [6.07, 6.45) is -4.27. The maximum Gasteiger partial charge on any atom is 0.412 e. The van der Waals surface area contributed by atoms with Gasteiger partial charge in [-0.2, -0.15) is 13.2 Å². The summed E-state index contributed by atoms with van der Waals surface area (Å²) in [5, 5.41) is 2.11. The second kappa shape index (κ2) is 8.71. The Morgan fingerprint density at radius 1 is 1.21 bits per heavy atom. The van der Waals surface area contributed by atoms with E-state index in [4.69, 9.17) is 4.74 Å². The summed E-state index contributed by atoms with van der Waals surface area (Å²) >= 11 is 3.18. The van der Waals surface area contributed by atoms with Crippen LogP contribution < -0.4 is 5.32 Å². The van der Waals surface area contributed by atoms with E-state index in [1.165, 1.54) is 29.2 Å². The van der Waals surface area contributed by atoms with Crippen molar-refractivity contribution in [2.75, 3.05) is 13.1 Å². The molecule has 2 atom stereocenters. The van der Waals surface area contributed by atoms with Crippen LogP contribution in [-0.4, -0.2) is 41.8 Å². The third-order valence-electron chi connectivity index (χ3n) is 4.26. The monoisotopic (exact) mass is 464 g/mol. The lowest BCUT2D eigenvalue weighted by Crippen LogP contribution is -2.49. The van der Waals surface area contributed by atoms with E-state index in [1.54, 1.807) is 20.8 Å². The highest BCUT2D eigenvalue weighted by Gasteiger charge is 2.43. The van der Waals surface area contributed by atoms with E-state index in [2.05, 4.69) is 21.2 Å². The second-order valence-corrected chi connectivity index (χ2v) is 8.72. The minimum absolute atomic E-state index is 0.0334. The zero-order chi connectivity index (χ0) is 21.1. The third kappa shape index (κ3) is 6.39. The summed E-state index contributed by atoms with van der Waals surface area (Å²) in [7, 11) is 0. The molecule has 1 fully saturated rings. The van der Waals surface area contributed by atoms with Gasteiger partial charge in [-0.05, 0) is 51.3 Å². The quantitative estimate of drug-likeness (QED) is 0.697. The standard InChI is InChI=1S/C19H24BrF3N2O3/c1-18(2,3)28-17(27)25-10-4-5-13(11-25)16(26)24-15(19(21,22)23)12-6-8-14(20)9-7-12/h6-9,13,15H,4-5,10-11H2,1-3H3,(H,24,26)/t13?,15-/m0/s1. The highest BCUT2D eigenvalue weighted by atomic mass is 79.9. The number of carbonyl (C=O) groups excluding carboxylic acids is 2. The number of nitrogens with zero attached hydrogens (tertiary/aromatic N) is 1. The van der Waals surface area contributed by atoms with Gasteiger partial charge in [0, 0.05) is 17.6 Å². The van der Waals surface area contributed by atoms with Gasteiger partial charge in [-0.3, -0.25) is 4.79 Å². The summed E-state index contributed by atoms with van der Waals surface area (Å²) in [6, 6.07) is 3.51. The van der Waals surface area contributed by atoms with Crippen LogP contribution >= 0.6 is 15.9 Å². The van der Waals surface area contributed by atoms with Crippen molar-refractivity contribution in [2.45, 2.75) is 51.4 Å². The Kier molecular flexibility index (Phi) is 7.01. The highest BCUT2D eigenvalue weighted by Crippen LogP contribution is 2.34. The van der Waals surface area contributed by atoms with Crippen LogP contribution in [0.2, 0.25) is 0 Å². The van der Waals surface area contributed by atoms with Gasteiger partial charge in [0.15, 0.2) is 6.04 Å². The lowest BCUT2D eigenvalue weighted by molar-refractivity contribution is -0.165. The largest absolute Gasteiger partial charge is 0.444 e. The third-order valence-corrected chi connectivity index (χ3v) is 4.79. The molecule has 9 heteroatoms. The van der Waals surface area contributed by atoms with E-state index in [-0.39, 0.29) is 12.1 Å². The molecule has 1 N–H and O–H groups in total. The average molecular weight is 465 g/mol. The summed E-state index contributed by atoms with van der Waals surface area (Å²) in [4.78, 5) is 26.1. The summed E-state index contributed by atoms with van der Waals surface area (Å²) in [5.41, 5.74) is -0.737. The molecule has 1 aliphatic heterocycles. The molecular formula is C19H24BrF3N2O3. The van der Waals surface area contributed by atoms with Crippen LogP contribution in [-0.2, 0) is 9.53 Å². The number of piperidine rings is 1. The minimum atomic E-state index is -4.64. The first-order valence-corrected chi connectivity index (χ1v) is 9.76. The molecule has 0 aromatic heterocycles. The van der Waals surface area contributed by atoms with Crippen LogP contribution in [0.25, 0.3) is 0 Å². The molecule has 1 saturated heterocycles. The lowest BCUT2D eigenvalue weighted by Gasteiger charge is -2.34. The van der Waals surface area contributed by atoms with Gasteiger partial charge in [0.05, 0.1) is 5.92 Å². The Morgan fingerprint density at radius 3 is 2.36 bits per heavy atom. The molecule has 28 heavy (non-hydrogen) atoms. The normalized spacial score (nSPS) is 19.1. The predicted octanol–water partition coefficient (Wildman–Crippen LogP) is 4.82. The van der Waals surface area contributed by atoms with Crippen molar-refractivity contribution in [3.63, 3.8) is 0 Å². The van der Waals surface area contributed by atoms with Crippen molar-refractivity contribution in [1.29, 1.82) is 0 Å². The molecule has 1 aromatic rings. The maximum absolute atomic E-state index is 13.5. The smallest absolute Gasteiger partial charge is 0.412 e. The van der Waals surface area contributed by atoms with Gasteiger partial charge in [0.25, 0.3) is 0 Å². The fourth-order valence-corrected chi connectivity index (χ4v) is 3.22. The Morgan fingerprint density at radius 2 is 1.82 bits per heavy atom. The number of carbonyl (C=O) groups is 2. The fraction of sp³-hybridized carbons (Fsp3) is 0.579. The number of hydrogen-bond acceptors (Lipinski definition) is 3. The number of likely N-dealkylation sites (tertiary alicyclic amines) is 1. The van der Waals surface area contributed by atoms with Gasteiger partial charge in [-0.15, -0.1) is 0 Å². The van der Waals surface area contributed by atoms with E-state index in [9.17, 15) is 22.8 Å². The molecule has 0 saturated carbocycles. The van der Waals surface area contributed by atoms with E-state index in [0.29, 0.717) is 23.9 Å². The first kappa shape index (κ1) is 22.5.